The van der Waals surface area contributed by atoms with Crippen molar-refractivity contribution in [2.45, 2.75) is 24.8 Å². The molecule has 0 saturated heterocycles. The molecule has 0 spiro atoms. The van der Waals surface area contributed by atoms with E-state index in [-0.39, 0.29) is 6.04 Å². The molecule has 0 aliphatic heterocycles. The van der Waals surface area contributed by atoms with Crippen molar-refractivity contribution < 1.29 is 13.2 Å². The lowest BCUT2D eigenvalue weighted by Crippen LogP contribution is -2.30. The maximum atomic E-state index is 11.5. The summed E-state index contributed by atoms with van der Waals surface area (Å²) in [5, 5.41) is 3.30. The largest absolute Gasteiger partial charge is 0.383 e. The Hall–Kier alpha value is -1.07. The molecule has 102 valence electrons. The first kappa shape index (κ1) is 15.0. The Kier molecular flexibility index (Phi) is 5.16. The first-order valence-corrected chi connectivity index (χ1v) is 7.79. The molecule has 0 amide bonds. The van der Waals surface area contributed by atoms with Crippen molar-refractivity contribution in [2.75, 3.05) is 25.3 Å². The molecule has 0 bridgehead atoms. The van der Waals surface area contributed by atoms with Gasteiger partial charge >= 0.3 is 0 Å². The van der Waals surface area contributed by atoms with E-state index in [1.807, 2.05) is 6.07 Å². The van der Waals surface area contributed by atoms with Crippen LogP contribution in [0.3, 0.4) is 0 Å². The third kappa shape index (κ3) is 4.31. The molecule has 0 heterocycles. The van der Waals surface area contributed by atoms with Gasteiger partial charge in [-0.3, -0.25) is 0 Å². The second-order valence-corrected chi connectivity index (χ2v) is 6.77. The Bertz CT molecular complexity index is 483. The SMILES string of the molecule is COCC(Nc1cccc(S(C)(=O)=O)c1)C(C)C. The second kappa shape index (κ2) is 6.20. The van der Waals surface area contributed by atoms with Crippen LogP contribution in [0.2, 0.25) is 0 Å². The first-order valence-electron chi connectivity index (χ1n) is 5.90. The van der Waals surface area contributed by atoms with E-state index in [0.29, 0.717) is 17.4 Å². The molecule has 1 aromatic carbocycles. The smallest absolute Gasteiger partial charge is 0.175 e. The van der Waals surface area contributed by atoms with E-state index in [0.717, 1.165) is 5.69 Å². The highest BCUT2D eigenvalue weighted by molar-refractivity contribution is 7.90. The third-order valence-electron chi connectivity index (χ3n) is 2.77. The van der Waals surface area contributed by atoms with Crippen molar-refractivity contribution in [3.05, 3.63) is 24.3 Å². The van der Waals surface area contributed by atoms with Gasteiger partial charge in [0.05, 0.1) is 17.5 Å². The molecule has 0 saturated carbocycles. The van der Waals surface area contributed by atoms with E-state index in [1.54, 1.807) is 25.3 Å². The van der Waals surface area contributed by atoms with Gasteiger partial charge in [-0.05, 0) is 24.1 Å². The summed E-state index contributed by atoms with van der Waals surface area (Å²) in [7, 11) is -1.51. The number of methoxy groups -OCH3 is 1. The molecule has 0 aromatic heterocycles. The lowest BCUT2D eigenvalue weighted by molar-refractivity contribution is 0.171. The third-order valence-corrected chi connectivity index (χ3v) is 3.88. The normalized spacial score (nSPS) is 13.6. The fourth-order valence-electron chi connectivity index (χ4n) is 1.61. The molecule has 1 atom stereocenters. The van der Waals surface area contributed by atoms with E-state index in [1.165, 1.54) is 6.26 Å². The number of hydrogen-bond donors (Lipinski definition) is 1. The maximum absolute atomic E-state index is 11.5. The summed E-state index contributed by atoms with van der Waals surface area (Å²) in [5.41, 5.74) is 0.800. The van der Waals surface area contributed by atoms with Crippen LogP contribution in [0, 0.1) is 5.92 Å². The molecule has 1 unspecified atom stereocenters. The second-order valence-electron chi connectivity index (χ2n) is 4.75. The summed E-state index contributed by atoms with van der Waals surface area (Å²) in [6, 6.07) is 7.01. The number of rotatable bonds is 6. The average Bonchev–Trinajstić information content (AvgIpc) is 2.27. The number of anilines is 1. The molecule has 0 fully saturated rings. The van der Waals surface area contributed by atoms with Crippen LogP contribution in [0.25, 0.3) is 0 Å². The summed E-state index contributed by atoms with van der Waals surface area (Å²) >= 11 is 0. The summed E-state index contributed by atoms with van der Waals surface area (Å²) in [6.07, 6.45) is 1.21. The van der Waals surface area contributed by atoms with Gasteiger partial charge in [0.1, 0.15) is 0 Å². The highest BCUT2D eigenvalue weighted by Gasteiger charge is 2.14. The predicted octanol–water partition coefficient (Wildman–Crippen LogP) is 2.17. The lowest BCUT2D eigenvalue weighted by atomic mass is 10.1. The van der Waals surface area contributed by atoms with Gasteiger partial charge in [0, 0.05) is 19.1 Å². The van der Waals surface area contributed by atoms with E-state index in [4.69, 9.17) is 4.74 Å². The molecule has 0 aliphatic carbocycles. The summed E-state index contributed by atoms with van der Waals surface area (Å²) < 4.78 is 28.1. The molecule has 5 heteroatoms. The minimum atomic E-state index is -3.16. The van der Waals surface area contributed by atoms with Crippen LogP contribution in [0.5, 0.6) is 0 Å². The van der Waals surface area contributed by atoms with Gasteiger partial charge in [-0.1, -0.05) is 19.9 Å². The molecule has 1 aromatic rings. The fourth-order valence-corrected chi connectivity index (χ4v) is 2.28. The van der Waals surface area contributed by atoms with E-state index in [9.17, 15) is 8.42 Å². The zero-order valence-corrected chi connectivity index (χ0v) is 12.1. The predicted molar refractivity (Wildman–Crippen MR) is 73.7 cm³/mol. The highest BCUT2D eigenvalue weighted by atomic mass is 32.2. The van der Waals surface area contributed by atoms with Gasteiger partial charge in [0.2, 0.25) is 0 Å². The molecule has 1 rings (SSSR count). The van der Waals surface area contributed by atoms with Crippen LogP contribution in [0.1, 0.15) is 13.8 Å². The van der Waals surface area contributed by atoms with Gasteiger partial charge in [-0.15, -0.1) is 0 Å². The van der Waals surface area contributed by atoms with Crippen LogP contribution in [0.4, 0.5) is 5.69 Å². The fraction of sp³-hybridized carbons (Fsp3) is 0.538. The van der Waals surface area contributed by atoms with Crippen molar-refractivity contribution in [3.8, 4) is 0 Å². The zero-order chi connectivity index (χ0) is 13.8. The van der Waals surface area contributed by atoms with Crippen molar-refractivity contribution in [3.63, 3.8) is 0 Å². The number of benzene rings is 1. The standard InChI is InChI=1S/C13H21NO3S/c1-10(2)13(9-17-3)14-11-6-5-7-12(8-11)18(4,15)16/h5-8,10,13-14H,9H2,1-4H3. The summed E-state index contributed by atoms with van der Waals surface area (Å²) in [4.78, 5) is 0.326. The summed E-state index contributed by atoms with van der Waals surface area (Å²) in [6.45, 7) is 4.77. The Balaban J connectivity index is 2.90. The number of hydrogen-bond acceptors (Lipinski definition) is 4. The van der Waals surface area contributed by atoms with Crippen molar-refractivity contribution >= 4 is 15.5 Å². The van der Waals surface area contributed by atoms with Crippen LogP contribution >= 0.6 is 0 Å². The van der Waals surface area contributed by atoms with E-state index < -0.39 is 9.84 Å². The van der Waals surface area contributed by atoms with Crippen LogP contribution in [-0.2, 0) is 14.6 Å². The van der Waals surface area contributed by atoms with Gasteiger partial charge in [-0.25, -0.2) is 8.42 Å². The van der Waals surface area contributed by atoms with Gasteiger partial charge < -0.3 is 10.1 Å². The van der Waals surface area contributed by atoms with Crippen molar-refractivity contribution in [2.24, 2.45) is 5.92 Å². The highest BCUT2D eigenvalue weighted by Crippen LogP contribution is 2.18. The molecule has 4 nitrogen and oxygen atoms in total. The Morgan fingerprint density at radius 1 is 1.33 bits per heavy atom. The quantitative estimate of drug-likeness (QED) is 0.861. The monoisotopic (exact) mass is 271 g/mol. The van der Waals surface area contributed by atoms with Crippen molar-refractivity contribution in [1.82, 2.24) is 0 Å². The van der Waals surface area contributed by atoms with E-state index >= 15 is 0 Å². The number of sulfone groups is 1. The number of ether oxygens (including phenoxy) is 1. The number of nitrogens with one attached hydrogen (secondary N) is 1. The van der Waals surface area contributed by atoms with E-state index in [2.05, 4.69) is 19.2 Å². The molecule has 0 radical (unpaired) electrons. The minimum Gasteiger partial charge on any atom is -0.383 e. The van der Waals surface area contributed by atoms with Gasteiger partial charge in [-0.2, -0.15) is 0 Å². The van der Waals surface area contributed by atoms with Gasteiger partial charge in [0.15, 0.2) is 9.84 Å². The Morgan fingerprint density at radius 3 is 2.50 bits per heavy atom. The lowest BCUT2D eigenvalue weighted by Gasteiger charge is -2.22. The van der Waals surface area contributed by atoms with Gasteiger partial charge in [0.25, 0.3) is 0 Å². The first-order chi connectivity index (χ1) is 8.34. The topological polar surface area (TPSA) is 55.4 Å². The zero-order valence-electron chi connectivity index (χ0n) is 11.3. The van der Waals surface area contributed by atoms with Crippen LogP contribution in [-0.4, -0.2) is 34.4 Å². The average molecular weight is 271 g/mol. The van der Waals surface area contributed by atoms with Crippen LogP contribution in [0.15, 0.2) is 29.2 Å². The minimum absolute atomic E-state index is 0.157. The molecular weight excluding hydrogens is 250 g/mol. The molecular formula is C13H21NO3S. The van der Waals surface area contributed by atoms with Crippen molar-refractivity contribution in [1.29, 1.82) is 0 Å². The molecule has 1 N–H and O–H groups in total. The Morgan fingerprint density at radius 2 is 2.00 bits per heavy atom. The molecule has 18 heavy (non-hydrogen) atoms. The Labute approximate surface area is 109 Å². The van der Waals surface area contributed by atoms with Crippen LogP contribution < -0.4 is 5.32 Å². The maximum Gasteiger partial charge on any atom is 0.175 e. The molecule has 0 aliphatic rings. The summed E-state index contributed by atoms with van der Waals surface area (Å²) in [5.74, 6) is 0.395.